The lowest BCUT2D eigenvalue weighted by atomic mass is 10.1. The summed E-state index contributed by atoms with van der Waals surface area (Å²) in [6.45, 7) is 4.86. The Balaban J connectivity index is 1.96. The van der Waals surface area contributed by atoms with Gasteiger partial charge < -0.3 is 10.6 Å². The first-order chi connectivity index (χ1) is 10.3. The third-order valence-corrected chi connectivity index (χ3v) is 3.15. The molecule has 2 N–H and O–H groups in total. The average Bonchev–Trinajstić information content (AvgIpc) is 2.54. The zero-order valence-electron chi connectivity index (χ0n) is 12.0. The Kier molecular flexibility index (Phi) is 5.59. The first kappa shape index (κ1) is 14.9. The maximum atomic E-state index is 12.1. The number of anilines is 1. The lowest BCUT2D eigenvalue weighted by Gasteiger charge is -2.11. The Morgan fingerprint density at radius 3 is 2.52 bits per heavy atom. The van der Waals surface area contributed by atoms with Crippen LogP contribution >= 0.6 is 0 Å². The van der Waals surface area contributed by atoms with Gasteiger partial charge in [-0.25, -0.2) is 0 Å². The van der Waals surface area contributed by atoms with E-state index in [9.17, 15) is 4.79 Å². The predicted octanol–water partition coefficient (Wildman–Crippen LogP) is 3.26. The van der Waals surface area contributed by atoms with Gasteiger partial charge in [0.25, 0.3) is 5.91 Å². The molecule has 3 nitrogen and oxygen atoms in total. The van der Waals surface area contributed by atoms with Gasteiger partial charge in [0, 0.05) is 18.8 Å². The van der Waals surface area contributed by atoms with Crippen LogP contribution in [0.25, 0.3) is 0 Å². The molecule has 0 radical (unpaired) electrons. The summed E-state index contributed by atoms with van der Waals surface area (Å²) in [7, 11) is 0. The summed E-state index contributed by atoms with van der Waals surface area (Å²) in [5.41, 5.74) is 2.79. The Labute approximate surface area is 125 Å². The summed E-state index contributed by atoms with van der Waals surface area (Å²) in [5.74, 6) is -0.0855. The molecule has 108 valence electrons. The Bertz CT molecular complexity index is 593. The minimum Gasteiger partial charge on any atom is -0.384 e. The third kappa shape index (κ3) is 4.49. The molecule has 2 aromatic rings. The van der Waals surface area contributed by atoms with Crippen LogP contribution in [0.4, 0.5) is 5.69 Å². The highest BCUT2D eigenvalue weighted by atomic mass is 16.1. The van der Waals surface area contributed by atoms with E-state index in [1.807, 2.05) is 42.5 Å². The van der Waals surface area contributed by atoms with Crippen LogP contribution in [0.1, 0.15) is 15.9 Å². The van der Waals surface area contributed by atoms with E-state index in [0.717, 1.165) is 18.7 Å². The van der Waals surface area contributed by atoms with E-state index in [4.69, 9.17) is 0 Å². The van der Waals surface area contributed by atoms with Crippen LogP contribution in [0.3, 0.4) is 0 Å². The van der Waals surface area contributed by atoms with Crippen LogP contribution in [-0.2, 0) is 6.42 Å². The molecule has 2 aromatic carbocycles. The van der Waals surface area contributed by atoms with Gasteiger partial charge in [0.1, 0.15) is 0 Å². The molecule has 0 saturated carbocycles. The molecule has 2 rings (SSSR count). The summed E-state index contributed by atoms with van der Waals surface area (Å²) in [6, 6.07) is 17.8. The van der Waals surface area contributed by atoms with Crippen molar-refractivity contribution in [1.82, 2.24) is 5.32 Å². The number of amides is 1. The van der Waals surface area contributed by atoms with Crippen molar-refractivity contribution in [1.29, 1.82) is 0 Å². The molecule has 0 aliphatic heterocycles. The van der Waals surface area contributed by atoms with Crippen LogP contribution in [0.5, 0.6) is 0 Å². The standard InChI is InChI=1S/C18H20N2O/c1-2-13-20-18(21)16-10-6-7-11-17(16)19-14-12-15-8-4-3-5-9-15/h2-11,19H,1,12-14H2,(H,20,21). The second-order valence-electron chi connectivity index (χ2n) is 4.71. The van der Waals surface area contributed by atoms with Gasteiger partial charge in [-0.15, -0.1) is 6.58 Å². The van der Waals surface area contributed by atoms with Gasteiger partial charge in [-0.3, -0.25) is 4.79 Å². The number of nitrogens with one attached hydrogen (secondary N) is 2. The topological polar surface area (TPSA) is 41.1 Å². The second-order valence-corrected chi connectivity index (χ2v) is 4.71. The SMILES string of the molecule is C=CCNC(=O)c1ccccc1NCCc1ccccc1. The smallest absolute Gasteiger partial charge is 0.253 e. The fourth-order valence-electron chi connectivity index (χ4n) is 2.08. The zero-order valence-corrected chi connectivity index (χ0v) is 12.0. The second kappa shape index (κ2) is 7.90. The van der Waals surface area contributed by atoms with Crippen LogP contribution in [-0.4, -0.2) is 19.0 Å². The molecular weight excluding hydrogens is 260 g/mol. The highest BCUT2D eigenvalue weighted by Gasteiger charge is 2.09. The molecule has 0 unspecified atom stereocenters. The van der Waals surface area contributed by atoms with Gasteiger partial charge in [0.2, 0.25) is 0 Å². The van der Waals surface area contributed by atoms with Crippen molar-refractivity contribution in [2.45, 2.75) is 6.42 Å². The third-order valence-electron chi connectivity index (χ3n) is 3.15. The lowest BCUT2D eigenvalue weighted by Crippen LogP contribution is -2.24. The molecule has 0 bridgehead atoms. The summed E-state index contributed by atoms with van der Waals surface area (Å²) in [6.07, 6.45) is 2.59. The van der Waals surface area contributed by atoms with Gasteiger partial charge in [-0.1, -0.05) is 48.5 Å². The van der Waals surface area contributed by atoms with E-state index >= 15 is 0 Å². The number of rotatable bonds is 7. The Morgan fingerprint density at radius 2 is 1.76 bits per heavy atom. The van der Waals surface area contributed by atoms with E-state index in [-0.39, 0.29) is 5.91 Å². The quantitative estimate of drug-likeness (QED) is 0.764. The van der Waals surface area contributed by atoms with Crippen LogP contribution in [0, 0.1) is 0 Å². The van der Waals surface area contributed by atoms with Gasteiger partial charge in [0.15, 0.2) is 0 Å². The maximum absolute atomic E-state index is 12.1. The molecule has 0 heterocycles. The van der Waals surface area contributed by atoms with Crippen molar-refractivity contribution in [3.8, 4) is 0 Å². The van der Waals surface area contributed by atoms with Crippen molar-refractivity contribution < 1.29 is 4.79 Å². The van der Waals surface area contributed by atoms with E-state index in [0.29, 0.717) is 12.1 Å². The maximum Gasteiger partial charge on any atom is 0.253 e. The zero-order chi connectivity index (χ0) is 14.9. The van der Waals surface area contributed by atoms with E-state index < -0.39 is 0 Å². The molecule has 0 spiro atoms. The summed E-state index contributed by atoms with van der Waals surface area (Å²) < 4.78 is 0. The molecule has 0 fully saturated rings. The highest BCUT2D eigenvalue weighted by molar-refractivity contribution is 5.99. The predicted molar refractivity (Wildman–Crippen MR) is 87.6 cm³/mol. The molecule has 0 saturated heterocycles. The molecule has 0 aromatic heterocycles. The molecule has 0 atom stereocenters. The number of carbonyl (C=O) groups is 1. The van der Waals surface area contributed by atoms with Crippen molar-refractivity contribution in [3.63, 3.8) is 0 Å². The average molecular weight is 280 g/mol. The Hall–Kier alpha value is -2.55. The molecule has 21 heavy (non-hydrogen) atoms. The lowest BCUT2D eigenvalue weighted by molar-refractivity contribution is 0.0959. The molecule has 0 aliphatic carbocycles. The number of hydrogen-bond donors (Lipinski definition) is 2. The first-order valence-electron chi connectivity index (χ1n) is 7.07. The molecule has 0 aliphatic rings. The van der Waals surface area contributed by atoms with E-state index in [1.54, 1.807) is 6.08 Å². The summed E-state index contributed by atoms with van der Waals surface area (Å²) in [4.78, 5) is 12.1. The largest absolute Gasteiger partial charge is 0.384 e. The normalized spacial score (nSPS) is 9.90. The van der Waals surface area contributed by atoms with Gasteiger partial charge in [-0.05, 0) is 24.1 Å². The molecular formula is C18H20N2O. The van der Waals surface area contributed by atoms with Crippen molar-refractivity contribution in [3.05, 3.63) is 78.4 Å². The monoisotopic (exact) mass is 280 g/mol. The minimum absolute atomic E-state index is 0.0855. The summed E-state index contributed by atoms with van der Waals surface area (Å²) in [5, 5.41) is 6.13. The van der Waals surface area contributed by atoms with E-state index in [1.165, 1.54) is 5.56 Å². The Morgan fingerprint density at radius 1 is 1.05 bits per heavy atom. The van der Waals surface area contributed by atoms with Crippen LogP contribution in [0.2, 0.25) is 0 Å². The fraction of sp³-hybridized carbons (Fsp3) is 0.167. The minimum atomic E-state index is -0.0855. The summed E-state index contributed by atoms with van der Waals surface area (Å²) >= 11 is 0. The first-order valence-corrected chi connectivity index (χ1v) is 7.07. The number of para-hydroxylation sites is 1. The van der Waals surface area contributed by atoms with Crippen molar-refractivity contribution >= 4 is 11.6 Å². The van der Waals surface area contributed by atoms with Crippen molar-refractivity contribution in [2.75, 3.05) is 18.4 Å². The van der Waals surface area contributed by atoms with E-state index in [2.05, 4.69) is 29.3 Å². The van der Waals surface area contributed by atoms with Gasteiger partial charge in [-0.2, -0.15) is 0 Å². The van der Waals surface area contributed by atoms with Gasteiger partial charge >= 0.3 is 0 Å². The number of benzene rings is 2. The molecule has 3 heteroatoms. The van der Waals surface area contributed by atoms with Gasteiger partial charge in [0.05, 0.1) is 5.56 Å². The molecule has 1 amide bonds. The van der Waals surface area contributed by atoms with Crippen LogP contribution < -0.4 is 10.6 Å². The highest BCUT2D eigenvalue weighted by Crippen LogP contribution is 2.15. The number of carbonyl (C=O) groups excluding carboxylic acids is 1. The number of hydrogen-bond acceptors (Lipinski definition) is 2. The van der Waals surface area contributed by atoms with Crippen LogP contribution in [0.15, 0.2) is 67.3 Å². The van der Waals surface area contributed by atoms with Crippen molar-refractivity contribution in [2.24, 2.45) is 0 Å². The fourth-order valence-corrected chi connectivity index (χ4v) is 2.08.